The van der Waals surface area contributed by atoms with Crippen LogP contribution in [0.3, 0.4) is 0 Å². The largest absolute Gasteiger partial charge is 0.289 e. The molecule has 0 unspecified atom stereocenters. The molecular weight excluding hydrogens is 384 g/mol. The summed E-state index contributed by atoms with van der Waals surface area (Å²) in [6.45, 7) is 18.1. The van der Waals surface area contributed by atoms with E-state index >= 15 is 0 Å². The highest BCUT2D eigenvalue weighted by Crippen LogP contribution is 2.41. The van der Waals surface area contributed by atoms with Gasteiger partial charge in [0.25, 0.3) is 5.91 Å². The van der Waals surface area contributed by atoms with Crippen LogP contribution in [0.2, 0.25) is 0 Å². The van der Waals surface area contributed by atoms with Gasteiger partial charge in [0.1, 0.15) is 5.71 Å². The molecule has 2 aliphatic rings. The highest BCUT2D eigenvalue weighted by atomic mass is 16.2. The number of allylic oxidation sites excluding steroid dienone is 5. The smallest absolute Gasteiger partial charge is 0.277 e. The molecule has 0 saturated carbocycles. The van der Waals surface area contributed by atoms with Crippen LogP contribution in [0.4, 0.5) is 0 Å². The van der Waals surface area contributed by atoms with Crippen LogP contribution in [0.5, 0.6) is 0 Å². The standard InChI is InChI=1S/C27H34N2O2/c1-25(2,3)19-15-18(16-20(23(19)30)26(4,5)6)21-22(17-13-11-10-12-14-17)28-29(24(21)31)27(7,8)9/h10-16H,1-9H3. The predicted molar refractivity (Wildman–Crippen MR) is 127 cm³/mol. The normalized spacial score (nSPS) is 18.4. The van der Waals surface area contributed by atoms with Crippen molar-refractivity contribution in [3.63, 3.8) is 0 Å². The summed E-state index contributed by atoms with van der Waals surface area (Å²) in [5, 5.41) is 6.32. The number of nitrogens with zero attached hydrogens (tertiary/aromatic N) is 2. The third-order valence-electron chi connectivity index (χ3n) is 5.52. The lowest BCUT2D eigenvalue weighted by atomic mass is 9.71. The van der Waals surface area contributed by atoms with E-state index in [1.54, 1.807) is 5.01 Å². The van der Waals surface area contributed by atoms with Crippen LogP contribution < -0.4 is 0 Å². The van der Waals surface area contributed by atoms with Crippen molar-refractivity contribution in [2.24, 2.45) is 15.9 Å². The Morgan fingerprint density at radius 1 is 0.742 bits per heavy atom. The Kier molecular flexibility index (Phi) is 5.50. The zero-order valence-corrected chi connectivity index (χ0v) is 20.3. The highest BCUT2D eigenvalue weighted by Gasteiger charge is 2.41. The van der Waals surface area contributed by atoms with Crippen molar-refractivity contribution < 1.29 is 9.59 Å². The first kappa shape index (κ1) is 22.9. The fourth-order valence-electron chi connectivity index (χ4n) is 3.80. The van der Waals surface area contributed by atoms with Gasteiger partial charge in [0.05, 0.1) is 11.1 Å². The third-order valence-corrected chi connectivity index (χ3v) is 5.52. The first-order valence-electron chi connectivity index (χ1n) is 10.8. The lowest BCUT2D eigenvalue weighted by Crippen LogP contribution is -2.39. The van der Waals surface area contributed by atoms with Gasteiger partial charge in [-0.25, -0.2) is 5.01 Å². The van der Waals surface area contributed by atoms with Gasteiger partial charge in [-0.15, -0.1) is 0 Å². The van der Waals surface area contributed by atoms with E-state index in [0.717, 1.165) is 22.3 Å². The quantitative estimate of drug-likeness (QED) is 0.537. The monoisotopic (exact) mass is 418 g/mol. The van der Waals surface area contributed by atoms with Crippen molar-refractivity contribution in [2.75, 3.05) is 0 Å². The summed E-state index contributed by atoms with van der Waals surface area (Å²) in [5.41, 5.74) is 3.14. The molecule has 4 nitrogen and oxygen atoms in total. The molecule has 0 aromatic heterocycles. The summed E-state index contributed by atoms with van der Waals surface area (Å²) < 4.78 is 0. The van der Waals surface area contributed by atoms with E-state index < -0.39 is 5.54 Å². The minimum atomic E-state index is -0.461. The van der Waals surface area contributed by atoms with Gasteiger partial charge in [-0.2, -0.15) is 5.10 Å². The predicted octanol–water partition coefficient (Wildman–Crippen LogP) is 5.86. The molecular formula is C27H34N2O2. The summed E-state index contributed by atoms with van der Waals surface area (Å²) in [7, 11) is 0. The maximum atomic E-state index is 13.6. The Balaban J connectivity index is 2.35. The molecule has 0 radical (unpaired) electrons. The number of ketones is 1. The van der Waals surface area contributed by atoms with Crippen LogP contribution in [0.25, 0.3) is 0 Å². The molecule has 0 bridgehead atoms. The molecule has 1 heterocycles. The first-order chi connectivity index (χ1) is 14.1. The van der Waals surface area contributed by atoms with E-state index in [2.05, 4.69) is 0 Å². The second kappa shape index (κ2) is 7.44. The zero-order valence-electron chi connectivity index (χ0n) is 20.3. The van der Waals surface area contributed by atoms with E-state index in [4.69, 9.17) is 5.10 Å². The molecule has 0 saturated heterocycles. The minimum absolute atomic E-state index is 0.0562. The Morgan fingerprint density at radius 2 is 1.23 bits per heavy atom. The summed E-state index contributed by atoms with van der Waals surface area (Å²) in [6.07, 6.45) is 3.80. The summed E-state index contributed by atoms with van der Waals surface area (Å²) >= 11 is 0. The number of Topliss-reactive ketones (excluding diaryl/α,β-unsaturated/α-hetero) is 1. The summed E-state index contributed by atoms with van der Waals surface area (Å²) in [4.78, 5) is 27.0. The van der Waals surface area contributed by atoms with Crippen LogP contribution in [0.1, 0.15) is 67.9 Å². The van der Waals surface area contributed by atoms with Crippen LogP contribution in [0, 0.1) is 10.8 Å². The van der Waals surface area contributed by atoms with Crippen LogP contribution >= 0.6 is 0 Å². The molecule has 0 atom stereocenters. The molecule has 0 fully saturated rings. The number of hydrazone groups is 1. The molecule has 1 aromatic carbocycles. The molecule has 164 valence electrons. The number of benzene rings is 1. The van der Waals surface area contributed by atoms with Gasteiger partial charge in [-0.1, -0.05) is 71.9 Å². The first-order valence-corrected chi connectivity index (χ1v) is 10.8. The molecule has 0 N–H and O–H groups in total. The molecule has 0 spiro atoms. The number of carbonyl (C=O) groups excluding carboxylic acids is 2. The van der Waals surface area contributed by atoms with Gasteiger partial charge in [0.2, 0.25) is 0 Å². The van der Waals surface area contributed by atoms with E-state index in [9.17, 15) is 9.59 Å². The van der Waals surface area contributed by atoms with Gasteiger partial charge >= 0.3 is 0 Å². The van der Waals surface area contributed by atoms with Crippen molar-refractivity contribution in [3.05, 3.63) is 70.3 Å². The summed E-state index contributed by atoms with van der Waals surface area (Å²) in [5.74, 6) is -0.0783. The molecule has 1 aliphatic carbocycles. The Morgan fingerprint density at radius 3 is 1.65 bits per heavy atom. The minimum Gasteiger partial charge on any atom is -0.289 e. The van der Waals surface area contributed by atoms with E-state index in [1.165, 1.54) is 0 Å². The second-order valence-corrected chi connectivity index (χ2v) is 11.4. The van der Waals surface area contributed by atoms with Crippen LogP contribution in [0.15, 0.2) is 69.9 Å². The van der Waals surface area contributed by atoms with Gasteiger partial charge < -0.3 is 0 Å². The number of amides is 1. The Bertz CT molecular complexity index is 1010. The van der Waals surface area contributed by atoms with Crippen molar-refractivity contribution >= 4 is 17.4 Å². The Labute approximate surface area is 186 Å². The second-order valence-electron chi connectivity index (χ2n) is 11.4. The van der Waals surface area contributed by atoms with Gasteiger partial charge in [-0.05, 0) is 49.3 Å². The van der Waals surface area contributed by atoms with Crippen molar-refractivity contribution in [2.45, 2.75) is 67.9 Å². The zero-order chi connectivity index (χ0) is 23.4. The van der Waals surface area contributed by atoms with Crippen molar-refractivity contribution in [1.82, 2.24) is 5.01 Å². The van der Waals surface area contributed by atoms with Crippen molar-refractivity contribution in [3.8, 4) is 0 Å². The van der Waals surface area contributed by atoms with Gasteiger partial charge in [0.15, 0.2) is 5.78 Å². The van der Waals surface area contributed by atoms with Crippen LogP contribution in [-0.4, -0.2) is 27.9 Å². The fourth-order valence-corrected chi connectivity index (χ4v) is 3.80. The van der Waals surface area contributed by atoms with E-state index in [-0.39, 0.29) is 22.5 Å². The van der Waals surface area contributed by atoms with Crippen molar-refractivity contribution in [1.29, 1.82) is 0 Å². The molecule has 31 heavy (non-hydrogen) atoms. The maximum absolute atomic E-state index is 13.6. The average molecular weight is 419 g/mol. The van der Waals surface area contributed by atoms with Gasteiger partial charge in [-0.3, -0.25) is 9.59 Å². The lowest BCUT2D eigenvalue weighted by molar-refractivity contribution is -0.130. The van der Waals surface area contributed by atoms with Gasteiger partial charge in [0, 0.05) is 16.7 Å². The topological polar surface area (TPSA) is 49.7 Å². The number of carbonyl (C=O) groups is 2. The molecule has 1 aliphatic heterocycles. The van der Waals surface area contributed by atoms with E-state index in [0.29, 0.717) is 11.3 Å². The lowest BCUT2D eigenvalue weighted by Gasteiger charge is -2.32. The third kappa shape index (κ3) is 4.34. The molecule has 1 amide bonds. The number of hydrogen-bond donors (Lipinski definition) is 0. The Hall–Kier alpha value is -2.75. The fraction of sp³-hybridized carbons (Fsp3) is 0.444. The van der Waals surface area contributed by atoms with Crippen LogP contribution in [-0.2, 0) is 9.59 Å². The maximum Gasteiger partial charge on any atom is 0.277 e. The highest BCUT2D eigenvalue weighted by molar-refractivity contribution is 6.32. The average Bonchev–Trinajstić information content (AvgIpc) is 2.98. The number of rotatable bonds is 1. The SMILES string of the molecule is CC(C)(C)C1=CC(=C2C(=O)N(C(C)(C)C)N=C2c2ccccc2)C=C(C(C)(C)C)C1=O. The van der Waals surface area contributed by atoms with E-state index in [1.807, 2.05) is 105 Å². The molecule has 4 heteroatoms. The number of hydrogen-bond acceptors (Lipinski definition) is 3. The summed E-state index contributed by atoms with van der Waals surface area (Å²) in [6, 6.07) is 9.78. The molecule has 1 aromatic rings. The molecule has 3 rings (SSSR count).